The molecular weight excluding hydrogens is 255 g/mol. The Balaban J connectivity index is 2.55. The van der Waals surface area contributed by atoms with Crippen LogP contribution in [0.5, 0.6) is 0 Å². The van der Waals surface area contributed by atoms with E-state index in [1.54, 1.807) is 0 Å². The van der Waals surface area contributed by atoms with Crippen molar-refractivity contribution in [3.63, 3.8) is 0 Å². The van der Waals surface area contributed by atoms with Crippen molar-refractivity contribution in [2.45, 2.75) is 46.5 Å². The van der Waals surface area contributed by atoms with E-state index < -0.39 is 6.64 Å². The van der Waals surface area contributed by atoms with E-state index in [2.05, 4.69) is 17.2 Å². The summed E-state index contributed by atoms with van der Waals surface area (Å²) in [7, 11) is 0. The Labute approximate surface area is 109 Å². The lowest BCUT2D eigenvalue weighted by molar-refractivity contribution is 0.259. The molecule has 1 aliphatic rings. The minimum absolute atomic E-state index is 0.547. The highest BCUT2D eigenvalue weighted by Gasteiger charge is 2.19. The van der Waals surface area contributed by atoms with Gasteiger partial charge in [0, 0.05) is 5.71 Å². The summed E-state index contributed by atoms with van der Waals surface area (Å²) in [6.45, 7) is 4.77. The van der Waals surface area contributed by atoms with Gasteiger partial charge in [-0.1, -0.05) is 6.92 Å². The molecule has 1 aliphatic carbocycles. The summed E-state index contributed by atoms with van der Waals surface area (Å²) in [6.07, 6.45) is 4.63. The Morgan fingerprint density at radius 3 is 2.59 bits per heavy atom. The molecule has 1 fully saturated rings. The van der Waals surface area contributed by atoms with Gasteiger partial charge in [0.2, 0.25) is 0 Å². The van der Waals surface area contributed by atoms with E-state index in [0.29, 0.717) is 13.2 Å². The first-order chi connectivity index (χ1) is 8.09. The van der Waals surface area contributed by atoms with Gasteiger partial charge in [-0.15, -0.1) is 0 Å². The minimum Gasteiger partial charge on any atom is -0.313 e. The van der Waals surface area contributed by atoms with Crippen molar-refractivity contribution in [3.8, 4) is 0 Å². The van der Waals surface area contributed by atoms with Crippen LogP contribution in [0.4, 0.5) is 0 Å². The van der Waals surface area contributed by atoms with Crippen molar-refractivity contribution in [3.05, 3.63) is 0 Å². The second kappa shape index (κ2) is 7.47. The molecule has 0 amide bonds. The number of nitrogens with zero attached hydrogens (tertiary/aromatic N) is 1. The van der Waals surface area contributed by atoms with Gasteiger partial charge in [-0.05, 0) is 57.3 Å². The summed E-state index contributed by atoms with van der Waals surface area (Å²) in [5.41, 5.74) is 1.19. The molecule has 0 aromatic rings. The smallest absolute Gasteiger partial charge is 0.303 e. The van der Waals surface area contributed by atoms with Gasteiger partial charge in [0.1, 0.15) is 0 Å². The molecule has 1 unspecified atom stereocenters. The lowest BCUT2D eigenvalue weighted by atomic mass is 9.89. The monoisotopic (exact) mass is 278 g/mol. The number of rotatable bonds is 6. The molecule has 0 bridgehead atoms. The Morgan fingerprint density at radius 1 is 1.41 bits per heavy atom. The molecule has 1 rings (SSSR count). The average molecular weight is 278 g/mol. The molecule has 0 aliphatic heterocycles. The van der Waals surface area contributed by atoms with Gasteiger partial charge in [0.25, 0.3) is 0 Å². The van der Waals surface area contributed by atoms with Crippen LogP contribution >= 0.6 is 6.64 Å². The molecule has 0 aromatic heterocycles. The van der Waals surface area contributed by atoms with Crippen LogP contribution in [-0.4, -0.2) is 18.9 Å². The Morgan fingerprint density at radius 2 is 2.06 bits per heavy atom. The number of hydrogen-bond donors (Lipinski definition) is 1. The first-order valence-corrected chi connectivity index (χ1v) is 8.95. The normalized spacial score (nSPS) is 23.9. The summed E-state index contributed by atoms with van der Waals surface area (Å²) in [6, 6.07) is 0. The fourth-order valence-electron chi connectivity index (χ4n) is 1.93. The van der Waals surface area contributed by atoms with Crippen LogP contribution in [-0.2, 0) is 20.9 Å². The van der Waals surface area contributed by atoms with Gasteiger partial charge in [-0.3, -0.25) is 0 Å². The van der Waals surface area contributed by atoms with Gasteiger partial charge < -0.3 is 9.05 Å². The van der Waals surface area contributed by atoms with E-state index in [1.165, 1.54) is 18.6 Å². The molecule has 0 radical (unpaired) electrons. The largest absolute Gasteiger partial charge is 0.313 e. The third-order valence-corrected chi connectivity index (χ3v) is 5.09. The van der Waals surface area contributed by atoms with Crippen LogP contribution in [0.15, 0.2) is 5.10 Å². The first-order valence-electron chi connectivity index (χ1n) is 6.31. The molecule has 17 heavy (non-hydrogen) atoms. The standard InChI is InChI=1S/C11H23N2O2PS/c1-4-14-16(17,15-5-2)13-12-11-8-6-7-10(3)9-11/h10H,4-9H2,1-3H3,(H,13,17). The molecule has 0 saturated heterocycles. The van der Waals surface area contributed by atoms with Crippen molar-refractivity contribution in [1.82, 2.24) is 5.20 Å². The lowest BCUT2D eigenvalue weighted by Gasteiger charge is -2.23. The topological polar surface area (TPSA) is 42.8 Å². The number of nitrogens with one attached hydrogen (secondary N) is 1. The highest BCUT2D eigenvalue weighted by molar-refractivity contribution is 8.08. The van der Waals surface area contributed by atoms with Crippen LogP contribution in [0.1, 0.15) is 46.5 Å². The highest BCUT2D eigenvalue weighted by atomic mass is 32.5. The van der Waals surface area contributed by atoms with Crippen molar-refractivity contribution < 1.29 is 9.05 Å². The zero-order valence-electron chi connectivity index (χ0n) is 10.9. The van der Waals surface area contributed by atoms with E-state index in [0.717, 1.165) is 18.8 Å². The molecule has 1 atom stereocenters. The Kier molecular flexibility index (Phi) is 6.63. The fraction of sp³-hybridized carbons (Fsp3) is 0.909. The summed E-state index contributed by atoms with van der Waals surface area (Å²) in [5.74, 6) is 0.723. The van der Waals surface area contributed by atoms with Crippen LogP contribution in [0, 0.1) is 5.92 Å². The van der Waals surface area contributed by atoms with Gasteiger partial charge in [-0.2, -0.15) is 5.10 Å². The average Bonchev–Trinajstić information content (AvgIpc) is 2.27. The van der Waals surface area contributed by atoms with Gasteiger partial charge in [-0.25, -0.2) is 5.20 Å². The molecular formula is C11H23N2O2PS. The molecule has 4 nitrogen and oxygen atoms in total. The summed E-state index contributed by atoms with van der Waals surface area (Å²) >= 11 is 5.35. The molecule has 0 aromatic carbocycles. The van der Waals surface area contributed by atoms with Crippen LogP contribution in [0.2, 0.25) is 0 Å². The SMILES string of the molecule is CCOP(=S)(NN=C1CCCC(C)C1)OCC. The maximum Gasteiger partial charge on any atom is 0.303 e. The van der Waals surface area contributed by atoms with E-state index in [9.17, 15) is 0 Å². The van der Waals surface area contributed by atoms with E-state index >= 15 is 0 Å². The fourth-order valence-corrected chi connectivity index (χ4v) is 3.82. The van der Waals surface area contributed by atoms with Crippen molar-refractivity contribution in [1.29, 1.82) is 0 Å². The molecule has 1 saturated carbocycles. The van der Waals surface area contributed by atoms with Gasteiger partial charge in [0.15, 0.2) is 0 Å². The zero-order valence-corrected chi connectivity index (χ0v) is 12.7. The Hall–Kier alpha value is 0.0400. The molecule has 0 heterocycles. The maximum atomic E-state index is 5.47. The van der Waals surface area contributed by atoms with Crippen molar-refractivity contribution in [2.75, 3.05) is 13.2 Å². The van der Waals surface area contributed by atoms with Gasteiger partial charge >= 0.3 is 6.64 Å². The van der Waals surface area contributed by atoms with Crippen molar-refractivity contribution in [2.24, 2.45) is 11.0 Å². The molecule has 100 valence electrons. The molecule has 0 spiro atoms. The molecule has 6 heteroatoms. The zero-order chi connectivity index (χ0) is 12.7. The third kappa shape index (κ3) is 5.47. The number of hydrogen-bond acceptors (Lipinski definition) is 4. The first kappa shape index (κ1) is 15.1. The van der Waals surface area contributed by atoms with Crippen molar-refractivity contribution >= 4 is 24.2 Å². The third-order valence-electron chi connectivity index (χ3n) is 2.68. The minimum atomic E-state index is -2.41. The quantitative estimate of drug-likeness (QED) is 0.597. The molecule has 1 N–H and O–H groups in total. The summed E-state index contributed by atoms with van der Waals surface area (Å²) in [4.78, 5) is 0. The van der Waals surface area contributed by atoms with E-state index in [4.69, 9.17) is 20.9 Å². The highest BCUT2D eigenvalue weighted by Crippen LogP contribution is 2.43. The van der Waals surface area contributed by atoms with Gasteiger partial charge in [0.05, 0.1) is 13.2 Å². The predicted octanol–water partition coefficient (Wildman–Crippen LogP) is 3.44. The number of hydrazone groups is 1. The Bertz CT molecular complexity index is 300. The van der Waals surface area contributed by atoms with Crippen LogP contribution in [0.25, 0.3) is 0 Å². The second-order valence-electron chi connectivity index (χ2n) is 4.31. The van der Waals surface area contributed by atoms with E-state index in [-0.39, 0.29) is 0 Å². The summed E-state index contributed by atoms with van der Waals surface area (Å²) < 4.78 is 10.9. The van der Waals surface area contributed by atoms with E-state index in [1.807, 2.05) is 13.8 Å². The summed E-state index contributed by atoms with van der Waals surface area (Å²) in [5, 5.41) is 7.36. The maximum absolute atomic E-state index is 5.47. The van der Waals surface area contributed by atoms with Crippen LogP contribution < -0.4 is 5.20 Å². The predicted molar refractivity (Wildman–Crippen MR) is 75.7 cm³/mol. The second-order valence-corrected chi connectivity index (χ2v) is 7.47. The lowest BCUT2D eigenvalue weighted by Crippen LogP contribution is -2.17. The van der Waals surface area contributed by atoms with Crippen LogP contribution in [0.3, 0.4) is 0 Å².